The van der Waals surface area contributed by atoms with Crippen molar-refractivity contribution >= 4 is 11.3 Å². The van der Waals surface area contributed by atoms with Gasteiger partial charge in [-0.1, -0.05) is 30.3 Å². The van der Waals surface area contributed by atoms with Crippen molar-refractivity contribution in [3.8, 4) is 10.6 Å². The molecule has 0 aliphatic carbocycles. The zero-order valence-corrected chi connectivity index (χ0v) is 10.6. The van der Waals surface area contributed by atoms with Gasteiger partial charge in [-0.15, -0.1) is 11.3 Å². The highest BCUT2D eigenvalue weighted by molar-refractivity contribution is 7.13. The molecule has 2 aromatic rings. The van der Waals surface area contributed by atoms with Crippen LogP contribution in [0.5, 0.6) is 0 Å². The van der Waals surface area contributed by atoms with Gasteiger partial charge in [0, 0.05) is 23.5 Å². The summed E-state index contributed by atoms with van der Waals surface area (Å²) in [6.45, 7) is 2.80. The molecule has 0 unspecified atom stereocenters. The minimum absolute atomic E-state index is 0.108. The molecule has 0 bridgehead atoms. The van der Waals surface area contributed by atoms with Crippen molar-refractivity contribution in [1.29, 1.82) is 0 Å². The standard InChI is InChI=1S/C13H16N2OS/c1-10(8-16)14-7-12-9-17-13(15-12)11-5-3-2-4-6-11/h2-6,9-10,14,16H,7-8H2,1H3/t10-/m1/s1. The summed E-state index contributed by atoms with van der Waals surface area (Å²) in [6, 6.07) is 10.3. The molecule has 0 aliphatic heterocycles. The number of aliphatic hydroxyl groups is 1. The van der Waals surface area contributed by atoms with E-state index >= 15 is 0 Å². The van der Waals surface area contributed by atoms with Crippen molar-refractivity contribution in [2.45, 2.75) is 19.5 Å². The van der Waals surface area contributed by atoms with Crippen LogP contribution in [-0.4, -0.2) is 22.7 Å². The molecule has 4 heteroatoms. The van der Waals surface area contributed by atoms with Crippen LogP contribution in [0, 0.1) is 0 Å². The van der Waals surface area contributed by atoms with Crippen molar-refractivity contribution in [2.75, 3.05) is 6.61 Å². The quantitative estimate of drug-likeness (QED) is 0.853. The fourth-order valence-corrected chi connectivity index (χ4v) is 2.27. The first-order valence-electron chi connectivity index (χ1n) is 5.63. The molecule has 1 heterocycles. The Kier molecular flexibility index (Phi) is 4.25. The van der Waals surface area contributed by atoms with Gasteiger partial charge in [0.25, 0.3) is 0 Å². The van der Waals surface area contributed by atoms with Gasteiger partial charge in [-0.2, -0.15) is 0 Å². The number of nitrogens with one attached hydrogen (secondary N) is 1. The fraction of sp³-hybridized carbons (Fsp3) is 0.308. The number of aliphatic hydroxyl groups excluding tert-OH is 1. The number of aromatic nitrogens is 1. The van der Waals surface area contributed by atoms with E-state index in [-0.39, 0.29) is 12.6 Å². The molecule has 3 nitrogen and oxygen atoms in total. The average Bonchev–Trinajstić information content (AvgIpc) is 2.86. The Hall–Kier alpha value is -1.23. The van der Waals surface area contributed by atoms with Crippen LogP contribution in [0.2, 0.25) is 0 Å². The Morgan fingerprint density at radius 1 is 1.35 bits per heavy atom. The van der Waals surface area contributed by atoms with Gasteiger partial charge >= 0.3 is 0 Å². The van der Waals surface area contributed by atoms with Crippen LogP contribution in [0.4, 0.5) is 0 Å². The zero-order chi connectivity index (χ0) is 12.1. The highest BCUT2D eigenvalue weighted by atomic mass is 32.1. The third-order valence-corrected chi connectivity index (χ3v) is 3.42. The minimum Gasteiger partial charge on any atom is -0.395 e. The van der Waals surface area contributed by atoms with Gasteiger partial charge in [0.2, 0.25) is 0 Å². The van der Waals surface area contributed by atoms with E-state index in [0.717, 1.165) is 16.3 Å². The number of nitrogens with zero attached hydrogens (tertiary/aromatic N) is 1. The molecular weight excluding hydrogens is 232 g/mol. The van der Waals surface area contributed by atoms with Crippen LogP contribution in [-0.2, 0) is 6.54 Å². The fourth-order valence-electron chi connectivity index (χ4n) is 1.44. The second-order valence-electron chi connectivity index (χ2n) is 3.97. The summed E-state index contributed by atoms with van der Waals surface area (Å²) < 4.78 is 0. The lowest BCUT2D eigenvalue weighted by atomic mass is 10.2. The monoisotopic (exact) mass is 248 g/mol. The average molecular weight is 248 g/mol. The summed E-state index contributed by atoms with van der Waals surface area (Å²) in [7, 11) is 0. The van der Waals surface area contributed by atoms with Crippen LogP contribution >= 0.6 is 11.3 Å². The van der Waals surface area contributed by atoms with E-state index in [4.69, 9.17) is 5.11 Å². The Morgan fingerprint density at radius 2 is 2.12 bits per heavy atom. The summed E-state index contributed by atoms with van der Waals surface area (Å²) >= 11 is 1.65. The Morgan fingerprint density at radius 3 is 2.82 bits per heavy atom. The lowest BCUT2D eigenvalue weighted by Crippen LogP contribution is -2.28. The predicted octanol–water partition coefficient (Wildman–Crippen LogP) is 2.28. The number of hydrogen-bond donors (Lipinski definition) is 2. The highest BCUT2D eigenvalue weighted by Crippen LogP contribution is 2.23. The van der Waals surface area contributed by atoms with Gasteiger partial charge in [-0.25, -0.2) is 4.98 Å². The molecule has 1 aromatic heterocycles. The summed E-state index contributed by atoms with van der Waals surface area (Å²) in [5.41, 5.74) is 2.17. The lowest BCUT2D eigenvalue weighted by molar-refractivity contribution is 0.250. The van der Waals surface area contributed by atoms with Crippen LogP contribution in [0.25, 0.3) is 10.6 Å². The molecule has 90 valence electrons. The number of rotatable bonds is 5. The smallest absolute Gasteiger partial charge is 0.123 e. The lowest BCUT2D eigenvalue weighted by Gasteiger charge is -2.08. The van der Waals surface area contributed by atoms with E-state index < -0.39 is 0 Å². The summed E-state index contributed by atoms with van der Waals surface area (Å²) in [6.07, 6.45) is 0. The van der Waals surface area contributed by atoms with Crippen molar-refractivity contribution < 1.29 is 5.11 Å². The van der Waals surface area contributed by atoms with E-state index in [9.17, 15) is 0 Å². The summed E-state index contributed by atoms with van der Waals surface area (Å²) in [5.74, 6) is 0. The molecule has 1 atom stereocenters. The van der Waals surface area contributed by atoms with Crippen LogP contribution in [0.1, 0.15) is 12.6 Å². The van der Waals surface area contributed by atoms with Crippen molar-refractivity contribution in [3.63, 3.8) is 0 Å². The largest absolute Gasteiger partial charge is 0.395 e. The van der Waals surface area contributed by atoms with Gasteiger partial charge in [-0.05, 0) is 6.92 Å². The second kappa shape index (κ2) is 5.91. The Balaban J connectivity index is 2.01. The maximum Gasteiger partial charge on any atom is 0.123 e. The van der Waals surface area contributed by atoms with Gasteiger partial charge < -0.3 is 10.4 Å². The van der Waals surface area contributed by atoms with Crippen LogP contribution < -0.4 is 5.32 Å². The van der Waals surface area contributed by atoms with Crippen molar-refractivity contribution in [2.24, 2.45) is 0 Å². The van der Waals surface area contributed by atoms with Crippen molar-refractivity contribution in [1.82, 2.24) is 10.3 Å². The first-order valence-corrected chi connectivity index (χ1v) is 6.51. The molecule has 2 rings (SSSR count). The SMILES string of the molecule is C[C@H](CO)NCc1csc(-c2ccccc2)n1. The molecule has 2 N–H and O–H groups in total. The summed E-state index contributed by atoms with van der Waals surface area (Å²) in [5, 5.41) is 15.2. The molecule has 17 heavy (non-hydrogen) atoms. The third-order valence-electron chi connectivity index (χ3n) is 2.48. The van der Waals surface area contributed by atoms with Gasteiger partial charge in [0.05, 0.1) is 12.3 Å². The molecule has 0 fully saturated rings. The van der Waals surface area contributed by atoms with E-state index in [1.807, 2.05) is 25.1 Å². The summed E-state index contributed by atoms with van der Waals surface area (Å²) in [4.78, 5) is 4.56. The van der Waals surface area contributed by atoms with E-state index in [1.54, 1.807) is 11.3 Å². The van der Waals surface area contributed by atoms with E-state index in [0.29, 0.717) is 6.54 Å². The van der Waals surface area contributed by atoms with Gasteiger partial charge in [-0.3, -0.25) is 0 Å². The van der Waals surface area contributed by atoms with Crippen LogP contribution in [0.3, 0.4) is 0 Å². The van der Waals surface area contributed by atoms with E-state index in [2.05, 4.69) is 27.8 Å². The molecule has 1 aromatic carbocycles. The molecule has 0 radical (unpaired) electrons. The van der Waals surface area contributed by atoms with Crippen LogP contribution in [0.15, 0.2) is 35.7 Å². The molecule has 0 aliphatic rings. The van der Waals surface area contributed by atoms with Gasteiger partial charge in [0.1, 0.15) is 5.01 Å². The minimum atomic E-state index is 0.108. The third kappa shape index (κ3) is 3.36. The molecule has 0 amide bonds. The number of benzene rings is 1. The number of hydrogen-bond acceptors (Lipinski definition) is 4. The van der Waals surface area contributed by atoms with Gasteiger partial charge in [0.15, 0.2) is 0 Å². The Bertz CT molecular complexity index is 455. The highest BCUT2D eigenvalue weighted by Gasteiger charge is 2.05. The van der Waals surface area contributed by atoms with E-state index in [1.165, 1.54) is 0 Å². The maximum absolute atomic E-state index is 8.92. The topological polar surface area (TPSA) is 45.1 Å². The molecule has 0 saturated carbocycles. The molecular formula is C13H16N2OS. The molecule has 0 spiro atoms. The maximum atomic E-state index is 8.92. The predicted molar refractivity (Wildman–Crippen MR) is 70.9 cm³/mol. The number of thiazole rings is 1. The second-order valence-corrected chi connectivity index (χ2v) is 4.83. The Labute approximate surface area is 105 Å². The first-order chi connectivity index (χ1) is 8.29. The molecule has 0 saturated heterocycles. The first kappa shape index (κ1) is 12.2. The zero-order valence-electron chi connectivity index (χ0n) is 9.76. The normalized spacial score (nSPS) is 12.6. The van der Waals surface area contributed by atoms with Crippen molar-refractivity contribution in [3.05, 3.63) is 41.4 Å².